The van der Waals surface area contributed by atoms with Gasteiger partial charge in [0.2, 0.25) is 0 Å². The predicted octanol–water partition coefficient (Wildman–Crippen LogP) is 0.865. The molecule has 3 aromatic rings. The van der Waals surface area contributed by atoms with Crippen LogP contribution >= 0.6 is 0 Å². The molecule has 0 atom stereocenters. The predicted molar refractivity (Wildman–Crippen MR) is 63.5 cm³/mol. The highest BCUT2D eigenvalue weighted by atomic mass is 15.4. The van der Waals surface area contributed by atoms with Crippen LogP contribution in [0.2, 0.25) is 0 Å². The number of nitrogen functional groups attached to an aromatic ring is 1. The Labute approximate surface area is 97.7 Å². The summed E-state index contributed by atoms with van der Waals surface area (Å²) in [6.07, 6.45) is 5.72. The van der Waals surface area contributed by atoms with Crippen LogP contribution in [-0.2, 0) is 6.54 Å². The summed E-state index contributed by atoms with van der Waals surface area (Å²) in [6.45, 7) is 2.63. The van der Waals surface area contributed by atoms with E-state index >= 15 is 0 Å². The van der Waals surface area contributed by atoms with Crippen LogP contribution in [0.5, 0.6) is 0 Å². The first-order valence-electron chi connectivity index (χ1n) is 5.30. The van der Waals surface area contributed by atoms with E-state index in [1.165, 1.54) is 5.56 Å². The van der Waals surface area contributed by atoms with E-state index in [1.54, 1.807) is 10.9 Å². The van der Waals surface area contributed by atoms with Gasteiger partial charge in [-0.15, -0.1) is 5.10 Å². The highest BCUT2D eigenvalue weighted by molar-refractivity contribution is 5.41. The topological polar surface area (TPSA) is 74.0 Å². The number of pyridine rings is 1. The third kappa shape index (κ3) is 1.84. The molecule has 6 heteroatoms. The molecule has 0 aliphatic heterocycles. The Bertz CT molecular complexity index is 665. The summed E-state index contributed by atoms with van der Waals surface area (Å²) in [4.78, 5) is 4.49. The fraction of sp³-hybridized carbons (Fsp3) is 0.182. The van der Waals surface area contributed by atoms with Gasteiger partial charge >= 0.3 is 0 Å². The lowest BCUT2D eigenvalue weighted by atomic mass is 10.3. The van der Waals surface area contributed by atoms with Crippen molar-refractivity contribution >= 4 is 11.5 Å². The minimum absolute atomic E-state index is 0.421. The molecule has 0 radical (unpaired) electrons. The number of imidazole rings is 1. The van der Waals surface area contributed by atoms with Gasteiger partial charge < -0.3 is 10.1 Å². The lowest BCUT2D eigenvalue weighted by Crippen LogP contribution is -2.00. The molecule has 0 bridgehead atoms. The second-order valence-corrected chi connectivity index (χ2v) is 4.05. The maximum absolute atomic E-state index is 5.51. The molecule has 0 aliphatic carbocycles. The Morgan fingerprint density at radius 2 is 2.12 bits per heavy atom. The fourth-order valence-electron chi connectivity index (χ4n) is 1.79. The lowest BCUT2D eigenvalue weighted by molar-refractivity contribution is 0.641. The van der Waals surface area contributed by atoms with Gasteiger partial charge in [0.1, 0.15) is 5.65 Å². The molecule has 3 heterocycles. The van der Waals surface area contributed by atoms with E-state index in [1.807, 2.05) is 28.9 Å². The average Bonchev–Trinajstić information content (AvgIpc) is 2.84. The van der Waals surface area contributed by atoms with Crippen LogP contribution in [0.15, 0.2) is 30.7 Å². The van der Waals surface area contributed by atoms with Crippen LogP contribution in [-0.4, -0.2) is 24.4 Å². The van der Waals surface area contributed by atoms with Crippen LogP contribution in [0.1, 0.15) is 11.3 Å². The molecule has 0 unspecified atom stereocenters. The van der Waals surface area contributed by atoms with Crippen molar-refractivity contribution in [2.75, 3.05) is 5.73 Å². The number of fused-ring (bicyclic) bond motifs is 1. The van der Waals surface area contributed by atoms with Crippen LogP contribution in [0.3, 0.4) is 0 Å². The molecule has 0 saturated heterocycles. The van der Waals surface area contributed by atoms with Gasteiger partial charge in [0, 0.05) is 12.4 Å². The molecule has 17 heavy (non-hydrogen) atoms. The SMILES string of the molecule is Cc1ccc2nc(Cn3cc(N)nn3)cn2c1. The Morgan fingerprint density at radius 3 is 2.88 bits per heavy atom. The van der Waals surface area contributed by atoms with Crippen LogP contribution in [0, 0.1) is 6.92 Å². The van der Waals surface area contributed by atoms with E-state index in [4.69, 9.17) is 5.73 Å². The zero-order valence-electron chi connectivity index (χ0n) is 9.41. The molecule has 3 rings (SSSR count). The number of aromatic nitrogens is 5. The number of hydrogen-bond acceptors (Lipinski definition) is 4. The number of anilines is 1. The maximum atomic E-state index is 5.51. The summed E-state index contributed by atoms with van der Waals surface area (Å²) < 4.78 is 3.68. The summed E-state index contributed by atoms with van der Waals surface area (Å²) >= 11 is 0. The van der Waals surface area contributed by atoms with Crippen molar-refractivity contribution in [3.8, 4) is 0 Å². The van der Waals surface area contributed by atoms with Gasteiger partial charge in [0.25, 0.3) is 0 Å². The molecular weight excluding hydrogens is 216 g/mol. The molecule has 2 N–H and O–H groups in total. The van der Waals surface area contributed by atoms with Gasteiger partial charge in [-0.05, 0) is 18.6 Å². The average molecular weight is 228 g/mol. The Kier molecular flexibility index (Phi) is 2.07. The summed E-state index contributed by atoms with van der Waals surface area (Å²) in [5.74, 6) is 0.421. The second kappa shape index (κ2) is 3.58. The number of hydrogen-bond donors (Lipinski definition) is 1. The lowest BCUT2D eigenvalue weighted by Gasteiger charge is -1.93. The molecular formula is C11H12N6. The maximum Gasteiger partial charge on any atom is 0.165 e. The molecule has 0 aromatic carbocycles. The van der Waals surface area contributed by atoms with Gasteiger partial charge in [-0.1, -0.05) is 11.3 Å². The highest BCUT2D eigenvalue weighted by Gasteiger charge is 2.03. The molecule has 0 fully saturated rings. The first kappa shape index (κ1) is 9.83. The van der Waals surface area contributed by atoms with Crippen molar-refractivity contribution in [1.82, 2.24) is 24.4 Å². The molecule has 86 valence electrons. The quantitative estimate of drug-likeness (QED) is 0.706. The van der Waals surface area contributed by atoms with Gasteiger partial charge in [0.15, 0.2) is 5.82 Å². The third-order valence-corrected chi connectivity index (χ3v) is 2.53. The number of nitrogens with two attached hydrogens (primary N) is 1. The zero-order chi connectivity index (χ0) is 11.8. The summed E-state index contributed by atoms with van der Waals surface area (Å²) in [5.41, 5.74) is 8.57. The van der Waals surface area contributed by atoms with Gasteiger partial charge in [-0.3, -0.25) is 0 Å². The van der Waals surface area contributed by atoms with Gasteiger partial charge in [0.05, 0.1) is 18.4 Å². The summed E-state index contributed by atoms with van der Waals surface area (Å²) in [6, 6.07) is 4.04. The minimum Gasteiger partial charge on any atom is -0.381 e. The Balaban J connectivity index is 1.95. The standard InChI is InChI=1S/C11H12N6/c1-8-2-3-11-13-9(5-16(11)4-8)6-17-7-10(12)14-15-17/h2-5,7H,6,12H2,1H3. The number of nitrogens with zero attached hydrogens (tertiary/aromatic N) is 5. The number of aryl methyl sites for hydroxylation is 1. The minimum atomic E-state index is 0.421. The van der Waals surface area contributed by atoms with Crippen LogP contribution in [0.25, 0.3) is 5.65 Å². The van der Waals surface area contributed by atoms with Crippen molar-refractivity contribution in [2.24, 2.45) is 0 Å². The number of rotatable bonds is 2. The first-order valence-corrected chi connectivity index (χ1v) is 5.30. The van der Waals surface area contributed by atoms with Crippen molar-refractivity contribution in [1.29, 1.82) is 0 Å². The van der Waals surface area contributed by atoms with Crippen LogP contribution < -0.4 is 5.73 Å². The van der Waals surface area contributed by atoms with E-state index in [2.05, 4.69) is 22.2 Å². The molecule has 0 amide bonds. The molecule has 3 aromatic heterocycles. The van der Waals surface area contributed by atoms with E-state index in [0.29, 0.717) is 12.4 Å². The van der Waals surface area contributed by atoms with Gasteiger partial charge in [-0.25, -0.2) is 9.67 Å². The van der Waals surface area contributed by atoms with E-state index in [-0.39, 0.29) is 0 Å². The van der Waals surface area contributed by atoms with Crippen molar-refractivity contribution in [3.05, 3.63) is 42.0 Å². The van der Waals surface area contributed by atoms with Crippen molar-refractivity contribution < 1.29 is 0 Å². The van der Waals surface area contributed by atoms with Crippen LogP contribution in [0.4, 0.5) is 5.82 Å². The molecule has 6 nitrogen and oxygen atoms in total. The van der Waals surface area contributed by atoms with E-state index < -0.39 is 0 Å². The van der Waals surface area contributed by atoms with Crippen molar-refractivity contribution in [3.63, 3.8) is 0 Å². The normalized spacial score (nSPS) is 11.1. The second-order valence-electron chi connectivity index (χ2n) is 4.05. The fourth-order valence-corrected chi connectivity index (χ4v) is 1.79. The molecule has 0 saturated carbocycles. The Morgan fingerprint density at radius 1 is 1.24 bits per heavy atom. The smallest absolute Gasteiger partial charge is 0.165 e. The highest BCUT2D eigenvalue weighted by Crippen LogP contribution is 2.08. The third-order valence-electron chi connectivity index (χ3n) is 2.53. The van der Waals surface area contributed by atoms with E-state index in [9.17, 15) is 0 Å². The van der Waals surface area contributed by atoms with Crippen molar-refractivity contribution in [2.45, 2.75) is 13.5 Å². The van der Waals surface area contributed by atoms with Gasteiger partial charge in [-0.2, -0.15) is 0 Å². The largest absolute Gasteiger partial charge is 0.381 e. The summed E-state index contributed by atoms with van der Waals surface area (Å²) in [5, 5.41) is 7.63. The monoisotopic (exact) mass is 228 g/mol. The molecule has 0 aliphatic rings. The summed E-state index contributed by atoms with van der Waals surface area (Å²) in [7, 11) is 0. The first-order chi connectivity index (χ1) is 8.20. The van der Waals surface area contributed by atoms with E-state index in [0.717, 1.165) is 11.3 Å². The Hall–Kier alpha value is -2.37. The zero-order valence-corrected chi connectivity index (χ0v) is 9.41. The molecule has 0 spiro atoms.